The number of methoxy groups -OCH3 is 1. The number of ether oxygens (including phenoxy) is 2. The maximum atomic E-state index is 13.6. The van der Waals surface area contributed by atoms with Crippen molar-refractivity contribution >= 4 is 0 Å². The van der Waals surface area contributed by atoms with Gasteiger partial charge in [-0.1, -0.05) is 0 Å². The minimum absolute atomic E-state index is 0.129. The van der Waals surface area contributed by atoms with E-state index in [1.54, 1.807) is 7.11 Å². The van der Waals surface area contributed by atoms with Crippen LogP contribution in [-0.4, -0.2) is 46.3 Å². The highest BCUT2D eigenvalue weighted by atomic mass is 19.3. The third-order valence-corrected chi connectivity index (χ3v) is 3.10. The molecule has 0 saturated carbocycles. The lowest BCUT2D eigenvalue weighted by Gasteiger charge is -2.22. The number of halogens is 2. The number of hydrogen-bond acceptors (Lipinski definition) is 2. The summed E-state index contributed by atoms with van der Waals surface area (Å²) < 4.78 is 39.6. The van der Waals surface area contributed by atoms with Crippen LogP contribution in [0.15, 0.2) is 0 Å². The zero-order valence-corrected chi connectivity index (χ0v) is 11.3. The number of alkyl halides is 2. The van der Waals surface area contributed by atoms with Gasteiger partial charge in [-0.05, 0) is 19.3 Å². The molecule has 0 N–H and O–H groups in total. The summed E-state index contributed by atoms with van der Waals surface area (Å²) in [6, 6.07) is 0. The van der Waals surface area contributed by atoms with E-state index in [4.69, 9.17) is 9.47 Å². The smallest absolute Gasteiger partial charge is 0.385 e. The van der Waals surface area contributed by atoms with Crippen LogP contribution >= 0.6 is 0 Å². The Morgan fingerprint density at radius 3 is 2.28 bits per heavy atom. The molecule has 5 heteroatoms. The highest BCUT2D eigenvalue weighted by Gasteiger charge is 2.45. The van der Waals surface area contributed by atoms with Crippen LogP contribution in [0.2, 0.25) is 0 Å². The van der Waals surface area contributed by atoms with E-state index < -0.39 is 6.11 Å². The SMILES string of the molecule is COCCCCOCCCC(F)(F)[O+]1CCCC1. The number of hydrogen-bond donors (Lipinski definition) is 0. The van der Waals surface area contributed by atoms with E-state index in [0.717, 1.165) is 32.3 Å². The van der Waals surface area contributed by atoms with Crippen LogP contribution < -0.4 is 0 Å². The van der Waals surface area contributed by atoms with Gasteiger partial charge in [0.25, 0.3) is 0 Å². The number of unbranched alkanes of at least 4 members (excludes halogenated alkanes) is 1. The van der Waals surface area contributed by atoms with Crippen molar-refractivity contribution in [2.45, 2.75) is 44.6 Å². The van der Waals surface area contributed by atoms with Crippen molar-refractivity contribution in [1.82, 2.24) is 0 Å². The topological polar surface area (TPSA) is 21.2 Å². The van der Waals surface area contributed by atoms with E-state index in [1.165, 1.54) is 0 Å². The Hall–Kier alpha value is -0.260. The van der Waals surface area contributed by atoms with Crippen LogP contribution in [-0.2, 0) is 13.8 Å². The quantitative estimate of drug-likeness (QED) is 0.448. The standard InChI is InChI=1S/C13H25F2O3/c1-16-8-2-3-9-17-10-6-7-13(14,15)18-11-4-5-12-18/h2-12H2,1H3/q+1. The summed E-state index contributed by atoms with van der Waals surface area (Å²) in [6.07, 6.45) is 1.14. The molecule has 1 fully saturated rings. The van der Waals surface area contributed by atoms with Gasteiger partial charge in [-0.25, -0.2) is 0 Å². The second kappa shape index (κ2) is 8.77. The fraction of sp³-hybridized carbons (Fsp3) is 1.00. The minimum Gasteiger partial charge on any atom is -0.385 e. The van der Waals surface area contributed by atoms with Gasteiger partial charge in [-0.2, -0.15) is 0 Å². The van der Waals surface area contributed by atoms with Crippen molar-refractivity contribution in [1.29, 1.82) is 0 Å². The molecule has 0 radical (unpaired) electrons. The molecule has 1 heterocycles. The Kier molecular flexibility index (Phi) is 7.70. The van der Waals surface area contributed by atoms with E-state index in [2.05, 4.69) is 4.37 Å². The van der Waals surface area contributed by atoms with E-state index in [-0.39, 0.29) is 6.42 Å². The second-order valence-electron chi connectivity index (χ2n) is 4.66. The molecule has 1 aliphatic heterocycles. The molecule has 3 nitrogen and oxygen atoms in total. The molecule has 0 atom stereocenters. The molecular weight excluding hydrogens is 242 g/mol. The van der Waals surface area contributed by atoms with Gasteiger partial charge < -0.3 is 13.8 Å². The first-order valence-electron chi connectivity index (χ1n) is 6.79. The monoisotopic (exact) mass is 267 g/mol. The van der Waals surface area contributed by atoms with Crippen LogP contribution in [0.4, 0.5) is 8.78 Å². The largest absolute Gasteiger partial charge is 0.470 e. The first kappa shape index (κ1) is 15.8. The Labute approximate surface area is 108 Å². The predicted molar refractivity (Wildman–Crippen MR) is 66.2 cm³/mol. The van der Waals surface area contributed by atoms with Gasteiger partial charge >= 0.3 is 6.11 Å². The zero-order chi connectivity index (χ0) is 13.3. The molecule has 108 valence electrons. The summed E-state index contributed by atoms with van der Waals surface area (Å²) in [5, 5.41) is 0. The van der Waals surface area contributed by atoms with Crippen molar-refractivity contribution in [3.63, 3.8) is 0 Å². The maximum absolute atomic E-state index is 13.6. The third-order valence-electron chi connectivity index (χ3n) is 3.10. The van der Waals surface area contributed by atoms with Crippen molar-refractivity contribution < 1.29 is 22.6 Å². The van der Waals surface area contributed by atoms with Crippen molar-refractivity contribution in [2.75, 3.05) is 40.1 Å². The van der Waals surface area contributed by atoms with Gasteiger partial charge in [0.1, 0.15) is 13.2 Å². The molecule has 0 spiro atoms. The van der Waals surface area contributed by atoms with Gasteiger partial charge in [0.2, 0.25) is 0 Å². The van der Waals surface area contributed by atoms with Crippen molar-refractivity contribution in [3.05, 3.63) is 0 Å². The van der Waals surface area contributed by atoms with Gasteiger partial charge in [-0.3, -0.25) is 0 Å². The van der Waals surface area contributed by atoms with Crippen molar-refractivity contribution in [2.24, 2.45) is 0 Å². The molecule has 1 rings (SSSR count). The lowest BCUT2D eigenvalue weighted by Crippen LogP contribution is -2.32. The molecule has 0 aromatic carbocycles. The summed E-state index contributed by atoms with van der Waals surface area (Å²) in [5.74, 6) is 0. The molecule has 1 aliphatic rings. The first-order chi connectivity index (χ1) is 8.67. The summed E-state index contributed by atoms with van der Waals surface area (Å²) >= 11 is 0. The molecule has 0 aromatic heterocycles. The molecule has 0 aliphatic carbocycles. The summed E-state index contributed by atoms with van der Waals surface area (Å²) in [6.45, 7) is 2.67. The lowest BCUT2D eigenvalue weighted by atomic mass is 10.3. The summed E-state index contributed by atoms with van der Waals surface area (Å²) in [7, 11) is 1.67. The van der Waals surface area contributed by atoms with Gasteiger partial charge in [-0.15, -0.1) is 8.78 Å². The molecule has 0 aromatic rings. The summed E-state index contributed by atoms with van der Waals surface area (Å²) in [4.78, 5) is 0. The average Bonchev–Trinajstić information content (AvgIpc) is 2.87. The molecular formula is C13H25F2O3+. The average molecular weight is 267 g/mol. The van der Waals surface area contributed by atoms with Crippen LogP contribution in [0.5, 0.6) is 0 Å². The molecule has 0 bridgehead atoms. The Morgan fingerprint density at radius 2 is 1.61 bits per heavy atom. The molecule has 18 heavy (non-hydrogen) atoms. The fourth-order valence-electron chi connectivity index (χ4n) is 2.03. The zero-order valence-electron chi connectivity index (χ0n) is 11.3. The van der Waals surface area contributed by atoms with Crippen molar-refractivity contribution in [3.8, 4) is 0 Å². The van der Waals surface area contributed by atoms with Crippen LogP contribution in [0.3, 0.4) is 0 Å². The highest BCUT2D eigenvalue weighted by molar-refractivity contribution is 4.64. The molecule has 0 amide bonds. The van der Waals surface area contributed by atoms with Crippen LogP contribution in [0.1, 0.15) is 38.5 Å². The fourth-order valence-corrected chi connectivity index (χ4v) is 2.03. The molecule has 1 saturated heterocycles. The van der Waals surface area contributed by atoms with Gasteiger partial charge in [0.15, 0.2) is 0 Å². The Bertz CT molecular complexity index is 206. The third kappa shape index (κ3) is 6.07. The van der Waals surface area contributed by atoms with E-state index in [1.807, 2.05) is 0 Å². The van der Waals surface area contributed by atoms with Gasteiger partial charge in [0.05, 0.1) is 6.42 Å². The Balaban J connectivity index is 1.96. The predicted octanol–water partition coefficient (Wildman–Crippen LogP) is 3.15. The summed E-state index contributed by atoms with van der Waals surface area (Å²) in [5.41, 5.74) is 0. The molecule has 0 unspecified atom stereocenters. The van der Waals surface area contributed by atoms with Gasteiger partial charge in [0, 0.05) is 39.8 Å². The van der Waals surface area contributed by atoms with Crippen LogP contribution in [0.25, 0.3) is 0 Å². The minimum atomic E-state index is -2.73. The first-order valence-corrected chi connectivity index (χ1v) is 6.79. The number of rotatable bonds is 10. The highest BCUT2D eigenvalue weighted by Crippen LogP contribution is 2.33. The Morgan fingerprint density at radius 1 is 1.00 bits per heavy atom. The maximum Gasteiger partial charge on any atom is 0.470 e. The lowest BCUT2D eigenvalue weighted by molar-refractivity contribution is -0.364. The van der Waals surface area contributed by atoms with E-state index in [9.17, 15) is 8.78 Å². The van der Waals surface area contributed by atoms with E-state index >= 15 is 0 Å². The second-order valence-corrected chi connectivity index (χ2v) is 4.66. The normalized spacial score (nSPS) is 17.5. The van der Waals surface area contributed by atoms with E-state index in [0.29, 0.717) is 32.8 Å². The van der Waals surface area contributed by atoms with Crippen LogP contribution in [0, 0.1) is 0 Å².